The molecule has 2 rings (SSSR count). The minimum atomic E-state index is 0.944. The maximum atomic E-state index is 3.48. The SMILES string of the molecule is [C]1=C(C2CCCCCCC2)CC1. The Hall–Kier alpha value is -0.260. The first-order chi connectivity index (χ1) is 5.97. The molecular formula is C12H19. The molecule has 0 N–H and O–H groups in total. The molecule has 0 spiro atoms. The standard InChI is InChI=1S/C12H19/c1-2-4-7-11(8-5-3-1)12-9-6-10-12/h11H,1-9H2. The second kappa shape index (κ2) is 4.11. The van der Waals surface area contributed by atoms with Gasteiger partial charge in [-0.05, 0) is 37.7 Å². The molecule has 1 radical (unpaired) electrons. The Morgan fingerprint density at radius 1 is 0.917 bits per heavy atom. The van der Waals surface area contributed by atoms with Crippen LogP contribution in [0.2, 0.25) is 0 Å². The fourth-order valence-electron chi connectivity index (χ4n) is 2.42. The van der Waals surface area contributed by atoms with Crippen LogP contribution in [0.1, 0.15) is 57.8 Å². The van der Waals surface area contributed by atoms with E-state index >= 15 is 0 Å². The minimum absolute atomic E-state index is 0.944. The summed E-state index contributed by atoms with van der Waals surface area (Å²) in [6.45, 7) is 0. The fourth-order valence-corrected chi connectivity index (χ4v) is 2.42. The first-order valence-electron chi connectivity index (χ1n) is 5.56. The molecule has 0 aromatic heterocycles. The van der Waals surface area contributed by atoms with E-state index in [4.69, 9.17) is 0 Å². The van der Waals surface area contributed by atoms with Gasteiger partial charge in [-0.3, -0.25) is 0 Å². The number of hydrogen-bond acceptors (Lipinski definition) is 0. The predicted molar refractivity (Wildman–Crippen MR) is 51.8 cm³/mol. The highest BCUT2D eigenvalue weighted by molar-refractivity contribution is 5.10. The van der Waals surface area contributed by atoms with Crippen molar-refractivity contribution in [2.75, 3.05) is 0 Å². The van der Waals surface area contributed by atoms with E-state index in [1.807, 2.05) is 0 Å². The number of allylic oxidation sites excluding steroid dienone is 2. The molecule has 1 fully saturated rings. The van der Waals surface area contributed by atoms with Crippen LogP contribution in [-0.4, -0.2) is 0 Å². The van der Waals surface area contributed by atoms with Crippen molar-refractivity contribution in [2.24, 2.45) is 5.92 Å². The van der Waals surface area contributed by atoms with Gasteiger partial charge in [0.2, 0.25) is 0 Å². The molecule has 0 heteroatoms. The predicted octanol–water partition coefficient (Wildman–Crippen LogP) is 3.87. The number of hydrogen-bond donors (Lipinski definition) is 0. The summed E-state index contributed by atoms with van der Waals surface area (Å²) in [5.74, 6) is 0.944. The van der Waals surface area contributed by atoms with E-state index in [0.717, 1.165) is 5.92 Å². The van der Waals surface area contributed by atoms with Gasteiger partial charge < -0.3 is 0 Å². The van der Waals surface area contributed by atoms with Crippen molar-refractivity contribution in [2.45, 2.75) is 57.8 Å². The average Bonchev–Trinajstić information content (AvgIpc) is 1.90. The third-order valence-corrected chi connectivity index (χ3v) is 3.34. The monoisotopic (exact) mass is 163 g/mol. The largest absolute Gasteiger partial charge is 0.0633 e. The fraction of sp³-hybridized carbons (Fsp3) is 0.833. The van der Waals surface area contributed by atoms with Crippen molar-refractivity contribution in [3.05, 3.63) is 11.6 Å². The molecule has 2 aliphatic carbocycles. The lowest BCUT2D eigenvalue weighted by Crippen LogP contribution is -2.11. The van der Waals surface area contributed by atoms with Crippen LogP contribution in [0.25, 0.3) is 0 Å². The summed E-state index contributed by atoms with van der Waals surface area (Å²) < 4.78 is 0. The zero-order valence-corrected chi connectivity index (χ0v) is 7.94. The maximum Gasteiger partial charge on any atom is -0.0197 e. The van der Waals surface area contributed by atoms with Crippen molar-refractivity contribution >= 4 is 0 Å². The Balaban J connectivity index is 1.85. The van der Waals surface area contributed by atoms with E-state index < -0.39 is 0 Å². The molecule has 1 saturated carbocycles. The zero-order chi connectivity index (χ0) is 8.23. The second-order valence-corrected chi connectivity index (χ2v) is 4.24. The first kappa shape index (κ1) is 8.34. The molecule has 0 saturated heterocycles. The smallest absolute Gasteiger partial charge is 0.0197 e. The Kier molecular flexibility index (Phi) is 2.86. The molecule has 0 heterocycles. The quantitative estimate of drug-likeness (QED) is 0.550. The van der Waals surface area contributed by atoms with Crippen LogP contribution in [-0.2, 0) is 0 Å². The van der Waals surface area contributed by atoms with Gasteiger partial charge >= 0.3 is 0 Å². The van der Waals surface area contributed by atoms with Crippen LogP contribution in [0.4, 0.5) is 0 Å². The summed E-state index contributed by atoms with van der Waals surface area (Å²) in [6, 6.07) is 0. The summed E-state index contributed by atoms with van der Waals surface area (Å²) in [6.07, 6.45) is 16.4. The van der Waals surface area contributed by atoms with Crippen molar-refractivity contribution in [3.8, 4) is 0 Å². The molecule has 0 nitrogen and oxygen atoms in total. The third-order valence-electron chi connectivity index (χ3n) is 3.34. The summed E-state index contributed by atoms with van der Waals surface area (Å²) in [4.78, 5) is 0. The van der Waals surface area contributed by atoms with Crippen molar-refractivity contribution in [1.82, 2.24) is 0 Å². The van der Waals surface area contributed by atoms with Gasteiger partial charge in [0.25, 0.3) is 0 Å². The lowest BCUT2D eigenvalue weighted by Gasteiger charge is -2.26. The third kappa shape index (κ3) is 1.91. The molecule has 12 heavy (non-hydrogen) atoms. The van der Waals surface area contributed by atoms with Crippen LogP contribution >= 0.6 is 0 Å². The topological polar surface area (TPSA) is 0 Å². The molecule has 2 aliphatic rings. The van der Waals surface area contributed by atoms with E-state index in [-0.39, 0.29) is 0 Å². The Morgan fingerprint density at radius 2 is 1.50 bits per heavy atom. The normalized spacial score (nSPS) is 26.8. The molecule has 0 aromatic carbocycles. The van der Waals surface area contributed by atoms with Gasteiger partial charge in [-0.1, -0.05) is 37.7 Å². The summed E-state index contributed by atoms with van der Waals surface area (Å²) in [5.41, 5.74) is 1.68. The average molecular weight is 163 g/mol. The van der Waals surface area contributed by atoms with Crippen LogP contribution < -0.4 is 0 Å². The summed E-state index contributed by atoms with van der Waals surface area (Å²) in [7, 11) is 0. The second-order valence-electron chi connectivity index (χ2n) is 4.24. The van der Waals surface area contributed by atoms with E-state index in [2.05, 4.69) is 6.08 Å². The Bertz CT molecular complexity index is 159. The lowest BCUT2D eigenvalue weighted by molar-refractivity contribution is 0.401. The molecule has 0 aromatic rings. The Labute approximate surface area is 76.1 Å². The highest BCUT2D eigenvalue weighted by Crippen LogP contribution is 2.34. The van der Waals surface area contributed by atoms with Crippen molar-refractivity contribution in [3.63, 3.8) is 0 Å². The van der Waals surface area contributed by atoms with Crippen LogP contribution in [0, 0.1) is 12.0 Å². The zero-order valence-electron chi connectivity index (χ0n) is 7.94. The van der Waals surface area contributed by atoms with Crippen LogP contribution in [0.15, 0.2) is 5.57 Å². The number of rotatable bonds is 1. The molecule has 0 bridgehead atoms. The van der Waals surface area contributed by atoms with Crippen molar-refractivity contribution < 1.29 is 0 Å². The first-order valence-corrected chi connectivity index (χ1v) is 5.56. The van der Waals surface area contributed by atoms with Gasteiger partial charge in [-0.25, -0.2) is 0 Å². The molecule has 0 unspecified atom stereocenters. The van der Waals surface area contributed by atoms with Crippen LogP contribution in [0.3, 0.4) is 0 Å². The van der Waals surface area contributed by atoms with E-state index in [9.17, 15) is 0 Å². The molecule has 0 amide bonds. The molecule has 67 valence electrons. The minimum Gasteiger partial charge on any atom is -0.0633 e. The molecular weight excluding hydrogens is 144 g/mol. The highest BCUT2D eigenvalue weighted by atomic mass is 14.2. The highest BCUT2D eigenvalue weighted by Gasteiger charge is 2.18. The van der Waals surface area contributed by atoms with Gasteiger partial charge in [0, 0.05) is 0 Å². The molecule has 0 atom stereocenters. The Morgan fingerprint density at radius 3 is 2.00 bits per heavy atom. The van der Waals surface area contributed by atoms with Crippen molar-refractivity contribution in [1.29, 1.82) is 0 Å². The summed E-state index contributed by atoms with van der Waals surface area (Å²) in [5, 5.41) is 0. The summed E-state index contributed by atoms with van der Waals surface area (Å²) >= 11 is 0. The van der Waals surface area contributed by atoms with Gasteiger partial charge in [0.05, 0.1) is 0 Å². The van der Waals surface area contributed by atoms with E-state index in [1.54, 1.807) is 5.57 Å². The van der Waals surface area contributed by atoms with E-state index in [0.29, 0.717) is 0 Å². The van der Waals surface area contributed by atoms with Gasteiger partial charge in [-0.2, -0.15) is 0 Å². The van der Waals surface area contributed by atoms with Crippen LogP contribution in [0.5, 0.6) is 0 Å². The van der Waals surface area contributed by atoms with Gasteiger partial charge in [0.1, 0.15) is 0 Å². The van der Waals surface area contributed by atoms with Gasteiger partial charge in [-0.15, -0.1) is 0 Å². The van der Waals surface area contributed by atoms with E-state index in [1.165, 1.54) is 57.8 Å². The lowest BCUT2D eigenvalue weighted by atomic mass is 9.79. The molecule has 0 aliphatic heterocycles. The maximum absolute atomic E-state index is 3.48. The van der Waals surface area contributed by atoms with Gasteiger partial charge in [0.15, 0.2) is 0 Å².